The van der Waals surface area contributed by atoms with Gasteiger partial charge in [0, 0.05) is 13.0 Å². The summed E-state index contributed by atoms with van der Waals surface area (Å²) in [7, 11) is -3.63. The second-order valence-corrected chi connectivity index (χ2v) is 7.88. The van der Waals surface area contributed by atoms with Crippen molar-refractivity contribution in [1.82, 2.24) is 4.31 Å². The summed E-state index contributed by atoms with van der Waals surface area (Å²) in [5.41, 5.74) is 0. The summed E-state index contributed by atoms with van der Waals surface area (Å²) in [5.74, 6) is -0.790. The summed E-state index contributed by atoms with van der Waals surface area (Å²) < 4.78 is 38.0. The molecule has 1 spiro atoms. The van der Waals surface area contributed by atoms with E-state index in [1.165, 1.54) is 22.5 Å². The molecule has 0 radical (unpaired) electrons. The number of halogens is 2. The van der Waals surface area contributed by atoms with E-state index in [4.69, 9.17) is 32.7 Å². The van der Waals surface area contributed by atoms with Gasteiger partial charge in [-0.15, -0.1) is 0 Å². The van der Waals surface area contributed by atoms with Crippen molar-refractivity contribution in [3.8, 4) is 0 Å². The third kappa shape index (κ3) is 2.93. The second-order valence-electron chi connectivity index (χ2n) is 5.13. The summed E-state index contributed by atoms with van der Waals surface area (Å²) in [4.78, 5) is 0.131. The SMILES string of the molecule is O=S(=O)(c1ccc(Cl)c(Cl)c1)N1CCCC2(C1)OCCO2. The molecule has 0 N–H and O–H groups in total. The summed E-state index contributed by atoms with van der Waals surface area (Å²) in [6.45, 7) is 1.65. The van der Waals surface area contributed by atoms with Gasteiger partial charge in [0.05, 0.1) is 34.7 Å². The highest BCUT2D eigenvalue weighted by molar-refractivity contribution is 7.89. The Labute approximate surface area is 133 Å². The van der Waals surface area contributed by atoms with Crippen LogP contribution in [0.4, 0.5) is 0 Å². The minimum Gasteiger partial charge on any atom is -0.346 e. The summed E-state index contributed by atoms with van der Waals surface area (Å²) in [5, 5.41) is 0.547. The van der Waals surface area contributed by atoms with Gasteiger partial charge in [0.15, 0.2) is 5.79 Å². The zero-order valence-electron chi connectivity index (χ0n) is 11.2. The van der Waals surface area contributed by atoms with Gasteiger partial charge < -0.3 is 9.47 Å². The minimum atomic E-state index is -3.63. The maximum Gasteiger partial charge on any atom is 0.243 e. The first-order valence-corrected chi connectivity index (χ1v) is 8.86. The fraction of sp³-hybridized carbons (Fsp3) is 0.538. The van der Waals surface area contributed by atoms with Crippen LogP contribution in [0.5, 0.6) is 0 Å². The van der Waals surface area contributed by atoms with E-state index in [9.17, 15) is 8.42 Å². The second kappa shape index (κ2) is 5.68. The number of ether oxygens (including phenoxy) is 2. The van der Waals surface area contributed by atoms with Gasteiger partial charge >= 0.3 is 0 Å². The van der Waals surface area contributed by atoms with Crippen molar-refractivity contribution in [1.29, 1.82) is 0 Å². The van der Waals surface area contributed by atoms with E-state index in [1.807, 2.05) is 0 Å². The lowest BCUT2D eigenvalue weighted by atomic mass is 10.1. The molecular weight excluding hydrogens is 337 g/mol. The number of hydrogen-bond acceptors (Lipinski definition) is 4. The van der Waals surface area contributed by atoms with Crippen molar-refractivity contribution < 1.29 is 17.9 Å². The van der Waals surface area contributed by atoms with E-state index in [0.717, 1.165) is 0 Å². The predicted molar refractivity (Wildman–Crippen MR) is 79.1 cm³/mol. The van der Waals surface area contributed by atoms with Gasteiger partial charge in [-0.05, 0) is 24.6 Å². The van der Waals surface area contributed by atoms with Crippen molar-refractivity contribution in [2.75, 3.05) is 26.3 Å². The number of hydrogen-bond donors (Lipinski definition) is 0. The number of nitrogens with zero attached hydrogens (tertiary/aromatic N) is 1. The molecule has 2 fully saturated rings. The van der Waals surface area contributed by atoms with Crippen LogP contribution in [0, 0.1) is 0 Å². The van der Waals surface area contributed by atoms with E-state index >= 15 is 0 Å². The lowest BCUT2D eigenvalue weighted by molar-refractivity contribution is -0.179. The fourth-order valence-electron chi connectivity index (χ4n) is 2.68. The minimum absolute atomic E-state index is 0.131. The number of piperidine rings is 1. The first-order chi connectivity index (χ1) is 9.93. The number of rotatable bonds is 2. The van der Waals surface area contributed by atoms with Crippen LogP contribution in [-0.4, -0.2) is 44.8 Å². The Balaban J connectivity index is 1.88. The van der Waals surface area contributed by atoms with E-state index < -0.39 is 15.8 Å². The van der Waals surface area contributed by atoms with E-state index in [0.29, 0.717) is 37.6 Å². The number of benzene rings is 1. The molecule has 2 saturated heterocycles. The first-order valence-electron chi connectivity index (χ1n) is 6.66. The van der Waals surface area contributed by atoms with Crippen LogP contribution >= 0.6 is 23.2 Å². The maximum absolute atomic E-state index is 12.7. The Morgan fingerprint density at radius 3 is 2.52 bits per heavy atom. The zero-order valence-corrected chi connectivity index (χ0v) is 13.5. The zero-order chi connectivity index (χ0) is 15.1. The van der Waals surface area contributed by atoms with Gasteiger partial charge in [-0.1, -0.05) is 23.2 Å². The third-order valence-corrected chi connectivity index (χ3v) is 6.31. The molecule has 3 rings (SSSR count). The summed E-state index contributed by atoms with van der Waals surface area (Å²) >= 11 is 11.7. The average molecular weight is 352 g/mol. The molecule has 1 aromatic rings. The van der Waals surface area contributed by atoms with Gasteiger partial charge in [-0.25, -0.2) is 8.42 Å². The van der Waals surface area contributed by atoms with E-state index in [1.54, 1.807) is 0 Å². The van der Waals surface area contributed by atoms with Crippen LogP contribution in [0.15, 0.2) is 23.1 Å². The lowest BCUT2D eigenvalue weighted by Gasteiger charge is -2.37. The highest BCUT2D eigenvalue weighted by Gasteiger charge is 2.44. The fourth-order valence-corrected chi connectivity index (χ4v) is 4.58. The topological polar surface area (TPSA) is 55.8 Å². The molecule has 0 atom stereocenters. The van der Waals surface area contributed by atoms with Crippen molar-refractivity contribution in [2.24, 2.45) is 0 Å². The van der Waals surface area contributed by atoms with E-state index in [-0.39, 0.29) is 16.5 Å². The van der Waals surface area contributed by atoms with Crippen LogP contribution in [0.25, 0.3) is 0 Å². The standard InChI is InChI=1S/C13H15Cl2NO4S/c14-11-3-2-10(8-12(11)15)21(17,18)16-5-1-4-13(9-16)19-6-7-20-13/h2-3,8H,1,4-7,9H2. The monoisotopic (exact) mass is 351 g/mol. The molecule has 8 heteroatoms. The Morgan fingerprint density at radius 2 is 1.86 bits per heavy atom. The molecule has 1 aromatic carbocycles. The predicted octanol–water partition coefficient (Wildman–Crippen LogP) is 2.52. The molecule has 21 heavy (non-hydrogen) atoms. The Morgan fingerprint density at radius 1 is 1.14 bits per heavy atom. The van der Waals surface area contributed by atoms with Crippen molar-refractivity contribution in [2.45, 2.75) is 23.5 Å². The Kier molecular flexibility index (Phi) is 4.20. The maximum atomic E-state index is 12.7. The molecule has 0 saturated carbocycles. The number of sulfonamides is 1. The Bertz CT molecular complexity index is 644. The average Bonchev–Trinajstić information content (AvgIpc) is 2.89. The molecule has 5 nitrogen and oxygen atoms in total. The highest BCUT2D eigenvalue weighted by Crippen LogP contribution is 2.34. The smallest absolute Gasteiger partial charge is 0.243 e. The van der Waals surface area contributed by atoms with E-state index in [2.05, 4.69) is 0 Å². The van der Waals surface area contributed by atoms with Crippen LogP contribution in [0.2, 0.25) is 10.0 Å². The third-order valence-electron chi connectivity index (χ3n) is 3.72. The molecule has 2 aliphatic rings. The van der Waals surface area contributed by atoms with Crippen LogP contribution in [0.1, 0.15) is 12.8 Å². The van der Waals surface area contributed by atoms with Gasteiger partial charge in [0.2, 0.25) is 10.0 Å². The van der Waals surface area contributed by atoms with Crippen molar-refractivity contribution in [3.05, 3.63) is 28.2 Å². The molecule has 0 unspecified atom stereocenters. The van der Waals surface area contributed by atoms with Crippen LogP contribution in [-0.2, 0) is 19.5 Å². The van der Waals surface area contributed by atoms with Gasteiger partial charge in [-0.3, -0.25) is 0 Å². The van der Waals surface area contributed by atoms with Crippen molar-refractivity contribution in [3.63, 3.8) is 0 Å². The quantitative estimate of drug-likeness (QED) is 0.821. The molecular formula is C13H15Cl2NO4S. The summed E-state index contributed by atoms with van der Waals surface area (Å²) in [6, 6.07) is 4.32. The molecule has 0 bridgehead atoms. The van der Waals surface area contributed by atoms with Crippen molar-refractivity contribution >= 4 is 33.2 Å². The molecule has 116 valence electrons. The first kappa shape index (κ1) is 15.5. The van der Waals surface area contributed by atoms with Crippen LogP contribution < -0.4 is 0 Å². The largest absolute Gasteiger partial charge is 0.346 e. The normalized spacial score (nSPS) is 22.8. The van der Waals surface area contributed by atoms with Gasteiger partial charge in [-0.2, -0.15) is 4.31 Å². The molecule has 0 aliphatic carbocycles. The molecule has 0 aromatic heterocycles. The van der Waals surface area contributed by atoms with Gasteiger partial charge in [0.25, 0.3) is 0 Å². The molecule has 2 aliphatic heterocycles. The molecule has 0 amide bonds. The molecule has 2 heterocycles. The van der Waals surface area contributed by atoms with Crippen LogP contribution in [0.3, 0.4) is 0 Å². The van der Waals surface area contributed by atoms with Gasteiger partial charge in [0.1, 0.15) is 0 Å². The summed E-state index contributed by atoms with van der Waals surface area (Å²) in [6.07, 6.45) is 1.40. The lowest BCUT2D eigenvalue weighted by Crippen LogP contribution is -2.50. The highest BCUT2D eigenvalue weighted by atomic mass is 35.5. The Hall–Kier alpha value is -0.370.